The second kappa shape index (κ2) is 7.20. The van der Waals surface area contributed by atoms with Gasteiger partial charge in [-0.2, -0.15) is 10.2 Å². The summed E-state index contributed by atoms with van der Waals surface area (Å²) in [6.45, 7) is 0.876. The van der Waals surface area contributed by atoms with E-state index in [0.717, 1.165) is 25.3 Å². The van der Waals surface area contributed by atoms with Gasteiger partial charge in [0.2, 0.25) is 5.95 Å². The molecule has 5 aliphatic carbocycles. The Morgan fingerprint density at radius 1 is 1.16 bits per heavy atom. The van der Waals surface area contributed by atoms with Crippen LogP contribution >= 0.6 is 0 Å². The van der Waals surface area contributed by atoms with Gasteiger partial charge in [0.25, 0.3) is 0 Å². The van der Waals surface area contributed by atoms with Crippen molar-refractivity contribution >= 4 is 11.8 Å². The Bertz CT molecular complexity index is 1030. The second-order valence-electron chi connectivity index (χ2n) is 10.4. The van der Waals surface area contributed by atoms with Crippen LogP contribution in [0, 0.1) is 34.5 Å². The molecule has 2 aromatic rings. The predicted molar refractivity (Wildman–Crippen MR) is 120 cm³/mol. The highest BCUT2D eigenvalue weighted by molar-refractivity contribution is 5.54. The number of hydrogen-bond acceptors (Lipinski definition) is 6. The third-order valence-corrected chi connectivity index (χ3v) is 8.45. The molecule has 0 spiro atoms. The second-order valence-corrected chi connectivity index (χ2v) is 10.4. The zero-order chi connectivity index (χ0) is 21.0. The van der Waals surface area contributed by atoms with Crippen molar-refractivity contribution in [1.29, 1.82) is 5.26 Å². The van der Waals surface area contributed by atoms with Gasteiger partial charge in [-0.15, -0.1) is 0 Å². The van der Waals surface area contributed by atoms with Crippen LogP contribution in [0.5, 0.6) is 0 Å². The van der Waals surface area contributed by atoms with Gasteiger partial charge >= 0.3 is 0 Å². The van der Waals surface area contributed by atoms with Crippen molar-refractivity contribution < 1.29 is 0 Å². The molecule has 6 atom stereocenters. The standard InChI is InChI=1S/C25H30N6/c26-12-19-13-28-24(30-21-6-5-16-3-1-2-4-20(16)21)31-23(19)29-14-25-9-15-7-17(10-25)22(27)18(8-15)11-25/h1-4,13,15,17-18,21-22H,5-11,14,27H2,(H2,28,29,30,31)/t15?,17-,18+,21?,22-,25-. The molecule has 0 aliphatic heterocycles. The molecule has 4 saturated carbocycles. The van der Waals surface area contributed by atoms with E-state index in [-0.39, 0.29) is 6.04 Å². The number of nitriles is 1. The predicted octanol–water partition coefficient (Wildman–Crippen LogP) is 4.01. The van der Waals surface area contributed by atoms with Crippen LogP contribution in [0.2, 0.25) is 0 Å². The van der Waals surface area contributed by atoms with Gasteiger partial charge in [-0.05, 0) is 79.2 Å². The molecule has 4 N–H and O–H groups in total. The molecule has 1 aromatic heterocycles. The van der Waals surface area contributed by atoms with E-state index in [1.165, 1.54) is 43.2 Å². The van der Waals surface area contributed by atoms with Crippen molar-refractivity contribution in [3.05, 3.63) is 47.2 Å². The lowest BCUT2D eigenvalue weighted by atomic mass is 9.48. The first kappa shape index (κ1) is 19.1. The molecule has 4 bridgehead atoms. The number of benzene rings is 1. The molecular formula is C25H30N6. The summed E-state index contributed by atoms with van der Waals surface area (Å²) in [6.07, 6.45) is 10.1. The van der Waals surface area contributed by atoms with Gasteiger partial charge in [-0.25, -0.2) is 4.98 Å². The largest absolute Gasteiger partial charge is 0.368 e. The molecule has 2 unspecified atom stereocenters. The van der Waals surface area contributed by atoms with Crippen molar-refractivity contribution in [2.24, 2.45) is 28.9 Å². The van der Waals surface area contributed by atoms with Gasteiger partial charge in [0, 0.05) is 12.6 Å². The van der Waals surface area contributed by atoms with Crippen LogP contribution < -0.4 is 16.4 Å². The van der Waals surface area contributed by atoms with Crippen LogP contribution in [0.4, 0.5) is 11.8 Å². The van der Waals surface area contributed by atoms with E-state index in [4.69, 9.17) is 10.7 Å². The van der Waals surface area contributed by atoms with Gasteiger partial charge in [0.05, 0.1) is 12.2 Å². The van der Waals surface area contributed by atoms with Gasteiger partial charge < -0.3 is 16.4 Å². The summed E-state index contributed by atoms with van der Waals surface area (Å²) in [5, 5.41) is 16.7. The fraction of sp³-hybridized carbons (Fsp3) is 0.560. The summed E-state index contributed by atoms with van der Waals surface area (Å²) in [5.74, 6) is 3.43. The topological polar surface area (TPSA) is 99.6 Å². The highest BCUT2D eigenvalue weighted by atomic mass is 15.2. The highest BCUT2D eigenvalue weighted by Gasteiger charge is 2.54. The Kier molecular flexibility index (Phi) is 4.43. The van der Waals surface area contributed by atoms with E-state index >= 15 is 0 Å². The Hall–Kier alpha value is -2.65. The number of nitrogens with one attached hydrogen (secondary N) is 2. The normalized spacial score (nSPS) is 34.9. The van der Waals surface area contributed by atoms with Crippen molar-refractivity contribution in [3.8, 4) is 6.07 Å². The van der Waals surface area contributed by atoms with E-state index in [2.05, 4.69) is 46.0 Å². The van der Waals surface area contributed by atoms with E-state index in [0.29, 0.717) is 40.6 Å². The monoisotopic (exact) mass is 414 g/mol. The average molecular weight is 415 g/mol. The van der Waals surface area contributed by atoms with E-state index in [9.17, 15) is 5.26 Å². The molecule has 1 heterocycles. The number of nitrogens with zero attached hydrogens (tertiary/aromatic N) is 3. The minimum Gasteiger partial charge on any atom is -0.368 e. The fourth-order valence-electron chi connectivity index (χ4n) is 7.25. The third-order valence-electron chi connectivity index (χ3n) is 8.45. The Balaban J connectivity index is 1.20. The fourth-order valence-corrected chi connectivity index (χ4v) is 7.25. The van der Waals surface area contributed by atoms with Crippen molar-refractivity contribution in [3.63, 3.8) is 0 Å². The lowest BCUT2D eigenvalue weighted by molar-refractivity contribution is -0.0591. The van der Waals surface area contributed by atoms with Crippen LogP contribution in [0.3, 0.4) is 0 Å². The molecule has 6 nitrogen and oxygen atoms in total. The van der Waals surface area contributed by atoms with Gasteiger partial charge in [-0.1, -0.05) is 24.3 Å². The Morgan fingerprint density at radius 2 is 1.97 bits per heavy atom. The van der Waals surface area contributed by atoms with E-state index in [1.54, 1.807) is 6.20 Å². The molecule has 31 heavy (non-hydrogen) atoms. The first-order chi connectivity index (χ1) is 15.1. The summed E-state index contributed by atoms with van der Waals surface area (Å²) >= 11 is 0. The molecular weight excluding hydrogens is 384 g/mol. The van der Waals surface area contributed by atoms with Crippen LogP contribution in [-0.4, -0.2) is 22.6 Å². The molecule has 5 aliphatic rings. The van der Waals surface area contributed by atoms with E-state index in [1.807, 2.05) is 0 Å². The van der Waals surface area contributed by atoms with Crippen LogP contribution in [0.1, 0.15) is 61.3 Å². The van der Waals surface area contributed by atoms with Gasteiger partial charge in [0.1, 0.15) is 17.5 Å². The quantitative estimate of drug-likeness (QED) is 0.683. The highest BCUT2D eigenvalue weighted by Crippen LogP contribution is 2.59. The molecule has 1 aromatic carbocycles. The number of rotatable bonds is 5. The first-order valence-corrected chi connectivity index (χ1v) is 11.7. The number of aryl methyl sites for hydroxylation is 1. The van der Waals surface area contributed by atoms with Crippen LogP contribution in [-0.2, 0) is 6.42 Å². The number of aromatic nitrogens is 2. The molecule has 0 radical (unpaired) electrons. The minimum absolute atomic E-state index is 0.224. The van der Waals surface area contributed by atoms with Gasteiger partial charge in [0.15, 0.2) is 0 Å². The van der Waals surface area contributed by atoms with Crippen molar-refractivity contribution in [2.45, 2.75) is 57.0 Å². The molecule has 6 heteroatoms. The molecule has 7 rings (SSSR count). The van der Waals surface area contributed by atoms with Crippen molar-refractivity contribution in [2.75, 3.05) is 17.2 Å². The lowest BCUT2D eigenvalue weighted by Gasteiger charge is -2.59. The van der Waals surface area contributed by atoms with Crippen LogP contribution in [0.25, 0.3) is 0 Å². The zero-order valence-corrected chi connectivity index (χ0v) is 17.8. The minimum atomic E-state index is 0.224. The maximum absolute atomic E-state index is 9.61. The zero-order valence-electron chi connectivity index (χ0n) is 17.8. The summed E-state index contributed by atoms with van der Waals surface area (Å²) in [7, 11) is 0. The molecule has 160 valence electrons. The summed E-state index contributed by atoms with van der Waals surface area (Å²) < 4.78 is 0. The summed E-state index contributed by atoms with van der Waals surface area (Å²) in [4.78, 5) is 9.16. The SMILES string of the molecule is N#Cc1cnc(NC2CCc3ccccc32)nc1NC[C@]12CC3C[C@H](C1)[C@@H](N)[C@@H](C3)C2. The maximum Gasteiger partial charge on any atom is 0.225 e. The third kappa shape index (κ3) is 3.27. The smallest absolute Gasteiger partial charge is 0.225 e. The number of hydrogen-bond donors (Lipinski definition) is 3. The molecule has 4 fully saturated rings. The maximum atomic E-state index is 9.61. The van der Waals surface area contributed by atoms with Crippen LogP contribution in [0.15, 0.2) is 30.5 Å². The number of fused-ring (bicyclic) bond motifs is 1. The molecule has 0 saturated heterocycles. The Morgan fingerprint density at radius 3 is 2.77 bits per heavy atom. The molecule has 0 amide bonds. The average Bonchev–Trinajstić information content (AvgIpc) is 3.18. The lowest BCUT2D eigenvalue weighted by Crippen LogP contribution is -2.58. The summed E-state index contributed by atoms with van der Waals surface area (Å²) in [6, 6.07) is 11.4. The van der Waals surface area contributed by atoms with Crippen molar-refractivity contribution in [1.82, 2.24) is 9.97 Å². The van der Waals surface area contributed by atoms with Gasteiger partial charge in [-0.3, -0.25) is 0 Å². The first-order valence-electron chi connectivity index (χ1n) is 11.7. The number of anilines is 2. The summed E-state index contributed by atoms with van der Waals surface area (Å²) in [5.41, 5.74) is 10.1. The Labute approximate surface area is 183 Å². The number of nitrogens with two attached hydrogens (primary N) is 1. The van der Waals surface area contributed by atoms with E-state index < -0.39 is 0 Å².